The van der Waals surface area contributed by atoms with Crippen molar-refractivity contribution >= 4 is 5.91 Å². The predicted octanol–water partition coefficient (Wildman–Crippen LogP) is 0.395. The molecule has 1 aliphatic heterocycles. The number of nitrogens with zero attached hydrogens (tertiary/aromatic N) is 2. The van der Waals surface area contributed by atoms with Gasteiger partial charge in [0.25, 0.3) is 0 Å². The fourth-order valence-electron chi connectivity index (χ4n) is 2.19. The first-order valence-corrected chi connectivity index (χ1v) is 6.12. The van der Waals surface area contributed by atoms with Gasteiger partial charge in [-0.2, -0.15) is 0 Å². The maximum atomic E-state index is 11.4. The van der Waals surface area contributed by atoms with Gasteiger partial charge >= 0.3 is 0 Å². The Balaban J connectivity index is 2.28. The van der Waals surface area contributed by atoms with E-state index in [1.807, 2.05) is 0 Å². The van der Waals surface area contributed by atoms with E-state index < -0.39 is 0 Å². The number of hydrogen-bond acceptors (Lipinski definition) is 3. The molecule has 1 fully saturated rings. The molecule has 16 heavy (non-hydrogen) atoms. The van der Waals surface area contributed by atoms with Crippen LogP contribution in [0.3, 0.4) is 0 Å². The number of carbonyl (C=O) groups is 1. The molecule has 0 bridgehead atoms. The zero-order valence-electron chi connectivity index (χ0n) is 11.0. The summed E-state index contributed by atoms with van der Waals surface area (Å²) in [4.78, 5) is 15.5. The summed E-state index contributed by atoms with van der Waals surface area (Å²) in [5.41, 5.74) is 0. The molecule has 4 heteroatoms. The minimum Gasteiger partial charge on any atom is -0.348 e. The van der Waals surface area contributed by atoms with E-state index in [-0.39, 0.29) is 5.91 Å². The predicted molar refractivity (Wildman–Crippen MR) is 66.4 cm³/mol. The van der Waals surface area contributed by atoms with Gasteiger partial charge in [0.05, 0.1) is 6.54 Å². The molecule has 0 aromatic rings. The fourth-order valence-corrected chi connectivity index (χ4v) is 2.19. The minimum absolute atomic E-state index is 0.149. The molecule has 0 radical (unpaired) electrons. The van der Waals surface area contributed by atoms with Gasteiger partial charge in [-0.15, -0.1) is 0 Å². The molecule has 0 saturated carbocycles. The summed E-state index contributed by atoms with van der Waals surface area (Å²) in [6.45, 7) is 4.99. The van der Waals surface area contributed by atoms with Crippen LogP contribution in [-0.4, -0.2) is 62.5 Å². The van der Waals surface area contributed by atoms with Gasteiger partial charge in [0.1, 0.15) is 0 Å². The van der Waals surface area contributed by atoms with Crippen LogP contribution >= 0.6 is 0 Å². The third-order valence-electron chi connectivity index (χ3n) is 3.44. The molecule has 1 N–H and O–H groups in total. The lowest BCUT2D eigenvalue weighted by Gasteiger charge is -2.34. The van der Waals surface area contributed by atoms with Crippen LogP contribution in [-0.2, 0) is 4.79 Å². The summed E-state index contributed by atoms with van der Waals surface area (Å²) < 4.78 is 0. The van der Waals surface area contributed by atoms with Crippen molar-refractivity contribution < 1.29 is 4.79 Å². The second-order valence-electron chi connectivity index (χ2n) is 5.12. The molecule has 1 saturated heterocycles. The molecule has 1 heterocycles. The van der Waals surface area contributed by atoms with E-state index in [9.17, 15) is 4.79 Å². The molecule has 94 valence electrons. The SMILES string of the molecule is CC(NCC(=O)N(C)C)C1CCCN(C)C1. The Kier molecular flexibility index (Phi) is 5.22. The van der Waals surface area contributed by atoms with E-state index in [0.717, 1.165) is 6.54 Å². The van der Waals surface area contributed by atoms with Crippen LogP contribution in [0.1, 0.15) is 19.8 Å². The van der Waals surface area contributed by atoms with Crippen LogP contribution in [0.5, 0.6) is 0 Å². The van der Waals surface area contributed by atoms with Crippen LogP contribution in [0.25, 0.3) is 0 Å². The van der Waals surface area contributed by atoms with Crippen molar-refractivity contribution in [3.8, 4) is 0 Å². The highest BCUT2D eigenvalue weighted by atomic mass is 16.2. The van der Waals surface area contributed by atoms with Gasteiger partial charge in [-0.1, -0.05) is 0 Å². The molecule has 0 aromatic heterocycles. The molecule has 2 unspecified atom stereocenters. The van der Waals surface area contributed by atoms with Gasteiger partial charge < -0.3 is 15.1 Å². The normalized spacial score (nSPS) is 24.1. The maximum absolute atomic E-state index is 11.4. The van der Waals surface area contributed by atoms with Crippen molar-refractivity contribution in [3.05, 3.63) is 0 Å². The minimum atomic E-state index is 0.149. The van der Waals surface area contributed by atoms with Gasteiger partial charge in [-0.3, -0.25) is 4.79 Å². The number of likely N-dealkylation sites (tertiary alicyclic amines) is 1. The van der Waals surface area contributed by atoms with Gasteiger partial charge in [-0.05, 0) is 39.3 Å². The molecule has 4 nitrogen and oxygen atoms in total. The highest BCUT2D eigenvalue weighted by molar-refractivity contribution is 5.77. The van der Waals surface area contributed by atoms with Crippen LogP contribution in [0, 0.1) is 5.92 Å². The molecular formula is C12H25N3O. The molecular weight excluding hydrogens is 202 g/mol. The van der Waals surface area contributed by atoms with Crippen LogP contribution < -0.4 is 5.32 Å². The topological polar surface area (TPSA) is 35.6 Å². The standard InChI is InChI=1S/C12H25N3O/c1-10(13-8-12(16)14(2)3)11-6-5-7-15(4)9-11/h10-11,13H,5-9H2,1-4H3. The molecule has 1 aliphatic rings. The molecule has 2 atom stereocenters. The monoisotopic (exact) mass is 227 g/mol. The van der Waals surface area contributed by atoms with Crippen molar-refractivity contribution in [2.75, 3.05) is 40.8 Å². The van der Waals surface area contributed by atoms with E-state index in [0.29, 0.717) is 18.5 Å². The van der Waals surface area contributed by atoms with Gasteiger partial charge in [-0.25, -0.2) is 0 Å². The van der Waals surface area contributed by atoms with Crippen molar-refractivity contribution in [1.29, 1.82) is 0 Å². The van der Waals surface area contributed by atoms with Crippen LogP contribution in [0.2, 0.25) is 0 Å². The third kappa shape index (κ3) is 4.10. The van der Waals surface area contributed by atoms with Crippen molar-refractivity contribution in [2.24, 2.45) is 5.92 Å². The zero-order valence-corrected chi connectivity index (χ0v) is 11.0. The average Bonchev–Trinajstić information content (AvgIpc) is 2.25. The average molecular weight is 227 g/mol. The van der Waals surface area contributed by atoms with E-state index >= 15 is 0 Å². The van der Waals surface area contributed by atoms with E-state index in [1.165, 1.54) is 19.4 Å². The first kappa shape index (κ1) is 13.5. The van der Waals surface area contributed by atoms with Crippen LogP contribution in [0.4, 0.5) is 0 Å². The number of rotatable bonds is 4. The lowest BCUT2D eigenvalue weighted by atomic mass is 9.92. The lowest BCUT2D eigenvalue weighted by Crippen LogP contribution is -2.45. The van der Waals surface area contributed by atoms with Gasteiger partial charge in [0.2, 0.25) is 5.91 Å². The zero-order chi connectivity index (χ0) is 12.1. The van der Waals surface area contributed by atoms with Crippen LogP contribution in [0.15, 0.2) is 0 Å². The maximum Gasteiger partial charge on any atom is 0.236 e. The number of piperidine rings is 1. The first-order chi connectivity index (χ1) is 7.50. The molecule has 1 amide bonds. The Morgan fingerprint density at radius 1 is 1.56 bits per heavy atom. The smallest absolute Gasteiger partial charge is 0.236 e. The van der Waals surface area contributed by atoms with Gasteiger partial charge in [0, 0.05) is 26.7 Å². The highest BCUT2D eigenvalue weighted by Crippen LogP contribution is 2.18. The second-order valence-corrected chi connectivity index (χ2v) is 5.12. The number of carbonyl (C=O) groups excluding carboxylic acids is 1. The summed E-state index contributed by atoms with van der Waals surface area (Å²) in [5, 5.41) is 3.34. The first-order valence-electron chi connectivity index (χ1n) is 6.12. The number of amides is 1. The number of hydrogen-bond donors (Lipinski definition) is 1. The lowest BCUT2D eigenvalue weighted by molar-refractivity contribution is -0.127. The summed E-state index contributed by atoms with van der Waals surface area (Å²) >= 11 is 0. The number of nitrogens with one attached hydrogen (secondary N) is 1. The fraction of sp³-hybridized carbons (Fsp3) is 0.917. The molecule has 0 spiro atoms. The molecule has 1 rings (SSSR count). The Morgan fingerprint density at radius 3 is 2.81 bits per heavy atom. The van der Waals surface area contributed by atoms with Crippen molar-refractivity contribution in [3.63, 3.8) is 0 Å². The second kappa shape index (κ2) is 6.21. The number of likely N-dealkylation sites (N-methyl/N-ethyl adjacent to an activating group) is 1. The largest absolute Gasteiger partial charge is 0.348 e. The Bertz CT molecular complexity index is 230. The highest BCUT2D eigenvalue weighted by Gasteiger charge is 2.22. The van der Waals surface area contributed by atoms with E-state index in [1.54, 1.807) is 19.0 Å². The van der Waals surface area contributed by atoms with Gasteiger partial charge in [0.15, 0.2) is 0 Å². The Labute approximate surface area is 99.0 Å². The Hall–Kier alpha value is -0.610. The summed E-state index contributed by atoms with van der Waals surface area (Å²) in [6, 6.07) is 0.423. The molecule has 0 aliphatic carbocycles. The summed E-state index contributed by atoms with van der Waals surface area (Å²) in [7, 11) is 5.76. The van der Waals surface area contributed by atoms with Crippen molar-refractivity contribution in [2.45, 2.75) is 25.8 Å². The summed E-state index contributed by atoms with van der Waals surface area (Å²) in [6.07, 6.45) is 2.55. The van der Waals surface area contributed by atoms with E-state index in [2.05, 4.69) is 24.2 Å². The van der Waals surface area contributed by atoms with Crippen molar-refractivity contribution in [1.82, 2.24) is 15.1 Å². The Morgan fingerprint density at radius 2 is 2.25 bits per heavy atom. The quantitative estimate of drug-likeness (QED) is 0.755. The van der Waals surface area contributed by atoms with E-state index in [4.69, 9.17) is 0 Å². The summed E-state index contributed by atoms with van der Waals surface area (Å²) in [5.74, 6) is 0.824. The third-order valence-corrected chi connectivity index (χ3v) is 3.44. The molecule has 0 aromatic carbocycles.